The van der Waals surface area contributed by atoms with Gasteiger partial charge in [0, 0.05) is 38.9 Å². The van der Waals surface area contributed by atoms with Gasteiger partial charge in [0.25, 0.3) is 0 Å². The Morgan fingerprint density at radius 1 is 1.33 bits per heavy atom. The van der Waals surface area contributed by atoms with Crippen LogP contribution in [0, 0.1) is 0 Å². The number of carbonyl (C=O) groups excluding carboxylic acids is 1. The monoisotopic (exact) mass is 334 g/mol. The van der Waals surface area contributed by atoms with Crippen molar-refractivity contribution in [1.82, 2.24) is 15.2 Å². The Morgan fingerprint density at radius 3 is 2.67 bits per heavy atom. The fourth-order valence-corrected chi connectivity index (χ4v) is 2.79. The average Bonchev–Trinajstić information content (AvgIpc) is 2.64. The minimum Gasteiger partial charge on any atom is -0.354 e. The lowest BCUT2D eigenvalue weighted by atomic mass is 10.1. The summed E-state index contributed by atoms with van der Waals surface area (Å²) >= 11 is 0. The molecular formula is C17H30N6O. The number of anilines is 1. The third-order valence-electron chi connectivity index (χ3n) is 4.48. The fourth-order valence-electron chi connectivity index (χ4n) is 2.79. The number of nitrogens with one attached hydrogen (secondary N) is 1. The summed E-state index contributed by atoms with van der Waals surface area (Å²) in [6, 6.07) is 3.55. The molecule has 1 amide bonds. The van der Waals surface area contributed by atoms with Crippen LogP contribution >= 0.6 is 0 Å². The molecule has 1 aliphatic heterocycles. The maximum absolute atomic E-state index is 11.9. The zero-order chi connectivity index (χ0) is 17.4. The van der Waals surface area contributed by atoms with E-state index in [1.807, 2.05) is 18.3 Å². The molecule has 7 heteroatoms. The Balaban J connectivity index is 1.79. The maximum atomic E-state index is 11.9. The van der Waals surface area contributed by atoms with Crippen LogP contribution in [0.2, 0.25) is 0 Å². The molecule has 0 spiro atoms. The van der Waals surface area contributed by atoms with Crippen LogP contribution in [0.5, 0.6) is 0 Å². The van der Waals surface area contributed by atoms with E-state index >= 15 is 0 Å². The number of nitrogens with zero attached hydrogens (tertiary/aromatic N) is 3. The molecule has 1 atom stereocenters. The summed E-state index contributed by atoms with van der Waals surface area (Å²) in [6.45, 7) is 8.48. The van der Waals surface area contributed by atoms with Crippen LogP contribution in [-0.2, 0) is 11.3 Å². The molecule has 2 rings (SSSR count). The molecule has 1 saturated heterocycles. The van der Waals surface area contributed by atoms with Gasteiger partial charge in [0.1, 0.15) is 5.82 Å². The number of hydrogen-bond acceptors (Lipinski definition) is 6. The van der Waals surface area contributed by atoms with Gasteiger partial charge in [0.05, 0.1) is 6.04 Å². The molecule has 24 heavy (non-hydrogen) atoms. The van der Waals surface area contributed by atoms with Crippen LogP contribution in [0.3, 0.4) is 0 Å². The number of carbonyl (C=O) groups is 1. The molecule has 7 nitrogen and oxygen atoms in total. The average molecular weight is 334 g/mol. The van der Waals surface area contributed by atoms with Crippen molar-refractivity contribution in [1.29, 1.82) is 0 Å². The second-order valence-electron chi connectivity index (χ2n) is 6.20. The van der Waals surface area contributed by atoms with Gasteiger partial charge in [-0.3, -0.25) is 4.79 Å². The molecule has 2 heterocycles. The number of aromatic nitrogens is 1. The molecule has 0 aliphatic carbocycles. The van der Waals surface area contributed by atoms with Gasteiger partial charge in [-0.25, -0.2) is 4.98 Å². The van der Waals surface area contributed by atoms with Crippen LogP contribution in [0.4, 0.5) is 5.82 Å². The van der Waals surface area contributed by atoms with Crippen molar-refractivity contribution in [2.75, 3.05) is 44.2 Å². The van der Waals surface area contributed by atoms with Crippen molar-refractivity contribution < 1.29 is 4.79 Å². The molecule has 0 aromatic carbocycles. The van der Waals surface area contributed by atoms with E-state index in [0.29, 0.717) is 19.5 Å². The third kappa shape index (κ3) is 5.43. The van der Waals surface area contributed by atoms with E-state index in [-0.39, 0.29) is 5.91 Å². The number of nitrogens with two attached hydrogens (primary N) is 2. The number of amides is 1. The van der Waals surface area contributed by atoms with E-state index in [4.69, 9.17) is 11.5 Å². The molecule has 1 aromatic rings. The van der Waals surface area contributed by atoms with Gasteiger partial charge in [-0.2, -0.15) is 0 Å². The molecule has 134 valence electrons. The van der Waals surface area contributed by atoms with Crippen LogP contribution in [-0.4, -0.2) is 61.1 Å². The first kappa shape index (κ1) is 18.6. The zero-order valence-electron chi connectivity index (χ0n) is 14.6. The van der Waals surface area contributed by atoms with Crippen LogP contribution < -0.4 is 21.7 Å². The first-order valence-corrected chi connectivity index (χ1v) is 8.79. The summed E-state index contributed by atoms with van der Waals surface area (Å²) in [4.78, 5) is 21.2. The van der Waals surface area contributed by atoms with Crippen molar-refractivity contribution in [3.8, 4) is 0 Å². The van der Waals surface area contributed by atoms with Gasteiger partial charge in [-0.05, 0) is 37.6 Å². The summed E-state index contributed by atoms with van der Waals surface area (Å²) in [7, 11) is 0. The van der Waals surface area contributed by atoms with E-state index in [0.717, 1.165) is 50.5 Å². The van der Waals surface area contributed by atoms with Gasteiger partial charge in [-0.1, -0.05) is 13.0 Å². The van der Waals surface area contributed by atoms with Crippen molar-refractivity contribution >= 4 is 11.7 Å². The Kier molecular flexibility index (Phi) is 7.42. The minimum absolute atomic E-state index is 0.136. The first-order valence-electron chi connectivity index (χ1n) is 8.79. The highest BCUT2D eigenvalue weighted by Gasteiger charge is 2.16. The van der Waals surface area contributed by atoms with E-state index in [1.165, 1.54) is 0 Å². The summed E-state index contributed by atoms with van der Waals surface area (Å²) in [5.41, 5.74) is 12.2. The maximum Gasteiger partial charge on any atom is 0.237 e. The van der Waals surface area contributed by atoms with Crippen molar-refractivity contribution in [3.05, 3.63) is 23.9 Å². The molecular weight excluding hydrogens is 304 g/mol. The summed E-state index contributed by atoms with van der Waals surface area (Å²) < 4.78 is 0. The van der Waals surface area contributed by atoms with E-state index in [1.54, 1.807) is 0 Å². The molecule has 0 bridgehead atoms. The smallest absolute Gasteiger partial charge is 0.237 e. The highest BCUT2D eigenvalue weighted by Crippen LogP contribution is 2.14. The van der Waals surface area contributed by atoms with Gasteiger partial charge in [0.2, 0.25) is 5.91 Å². The Hall–Kier alpha value is -1.70. The topological polar surface area (TPSA) is 101 Å². The summed E-state index contributed by atoms with van der Waals surface area (Å²) in [5.74, 6) is 0.865. The van der Waals surface area contributed by atoms with Crippen molar-refractivity contribution in [3.63, 3.8) is 0 Å². The van der Waals surface area contributed by atoms with Crippen molar-refractivity contribution in [2.24, 2.45) is 11.5 Å². The Morgan fingerprint density at radius 2 is 2.08 bits per heavy atom. The van der Waals surface area contributed by atoms with Crippen molar-refractivity contribution in [2.45, 2.75) is 32.4 Å². The molecule has 1 aliphatic rings. The molecule has 5 N–H and O–H groups in total. The van der Waals surface area contributed by atoms with Gasteiger partial charge < -0.3 is 26.6 Å². The Bertz CT molecular complexity index is 498. The number of hydrogen-bond donors (Lipinski definition) is 3. The largest absolute Gasteiger partial charge is 0.354 e. The van der Waals surface area contributed by atoms with Crippen LogP contribution in [0.15, 0.2) is 18.3 Å². The predicted molar refractivity (Wildman–Crippen MR) is 96.7 cm³/mol. The SMILES string of the molecule is CCN1CCN(c2ccc(CNC(=O)C(N)CCCN)cn2)CC1. The number of rotatable bonds is 8. The second-order valence-corrected chi connectivity index (χ2v) is 6.20. The molecule has 1 aromatic heterocycles. The van der Waals surface area contributed by atoms with E-state index in [9.17, 15) is 4.79 Å². The first-order chi connectivity index (χ1) is 11.6. The van der Waals surface area contributed by atoms with E-state index in [2.05, 4.69) is 27.0 Å². The van der Waals surface area contributed by atoms with Crippen LogP contribution in [0.1, 0.15) is 25.3 Å². The molecule has 1 unspecified atom stereocenters. The predicted octanol–water partition coefficient (Wildman–Crippen LogP) is -0.0941. The molecule has 0 saturated carbocycles. The minimum atomic E-state index is -0.490. The van der Waals surface area contributed by atoms with Gasteiger partial charge in [0.15, 0.2) is 0 Å². The summed E-state index contributed by atoms with van der Waals surface area (Å²) in [6.07, 6.45) is 3.20. The number of pyridine rings is 1. The van der Waals surface area contributed by atoms with Gasteiger partial charge in [-0.15, -0.1) is 0 Å². The van der Waals surface area contributed by atoms with Crippen LogP contribution in [0.25, 0.3) is 0 Å². The highest BCUT2D eigenvalue weighted by atomic mass is 16.2. The lowest BCUT2D eigenvalue weighted by Gasteiger charge is -2.34. The standard InChI is InChI=1S/C17H30N6O/c1-2-22-8-10-23(11-9-22)16-6-5-14(12-20-16)13-21-17(24)15(19)4-3-7-18/h5-6,12,15H,2-4,7-11,13,18-19H2,1H3,(H,21,24). The third-order valence-corrected chi connectivity index (χ3v) is 4.48. The lowest BCUT2D eigenvalue weighted by Crippen LogP contribution is -2.46. The second kappa shape index (κ2) is 9.56. The fraction of sp³-hybridized carbons (Fsp3) is 0.647. The zero-order valence-corrected chi connectivity index (χ0v) is 14.6. The van der Waals surface area contributed by atoms with E-state index < -0.39 is 6.04 Å². The Labute approximate surface area is 144 Å². The molecule has 0 radical (unpaired) electrons. The highest BCUT2D eigenvalue weighted by molar-refractivity contribution is 5.81. The van der Waals surface area contributed by atoms with Gasteiger partial charge >= 0.3 is 0 Å². The summed E-state index contributed by atoms with van der Waals surface area (Å²) in [5, 5.41) is 2.86. The number of piperazine rings is 1. The normalized spacial score (nSPS) is 16.9. The molecule has 1 fully saturated rings. The lowest BCUT2D eigenvalue weighted by molar-refractivity contribution is -0.122. The quantitative estimate of drug-likeness (QED) is 0.614. The number of likely N-dealkylation sites (N-methyl/N-ethyl adjacent to an activating group) is 1.